The Morgan fingerprint density at radius 3 is 2.70 bits per heavy atom. The number of nitrogens with zero attached hydrogens (tertiary/aromatic N) is 5. The Kier molecular flexibility index (Phi) is 6.33. The molecule has 0 radical (unpaired) electrons. The van der Waals surface area contributed by atoms with E-state index in [1.54, 1.807) is 11.6 Å². The molecule has 162 valence electrons. The van der Waals surface area contributed by atoms with Crippen LogP contribution in [0.25, 0.3) is 0 Å². The fourth-order valence-corrected chi connectivity index (χ4v) is 5.84. The minimum atomic E-state index is -3.62. The molecule has 1 aliphatic carbocycles. The lowest BCUT2D eigenvalue weighted by atomic mass is 10.2. The smallest absolute Gasteiger partial charge is 0.243 e. The number of hydrogen-bond acceptors (Lipinski definition) is 7. The number of benzene rings is 1. The summed E-state index contributed by atoms with van der Waals surface area (Å²) in [5.74, 6) is -0.306. The number of aromatic nitrogens is 4. The largest absolute Gasteiger partial charge is 0.324 e. The summed E-state index contributed by atoms with van der Waals surface area (Å²) in [6.45, 7) is 2.76. The van der Waals surface area contributed by atoms with Gasteiger partial charge in [-0.2, -0.15) is 4.31 Å². The van der Waals surface area contributed by atoms with Gasteiger partial charge in [0.05, 0.1) is 26.9 Å². The van der Waals surface area contributed by atoms with Gasteiger partial charge in [-0.25, -0.2) is 13.1 Å². The van der Waals surface area contributed by atoms with Crippen molar-refractivity contribution in [3.8, 4) is 0 Å². The van der Waals surface area contributed by atoms with Gasteiger partial charge in [0, 0.05) is 13.1 Å². The van der Waals surface area contributed by atoms with Crippen molar-refractivity contribution in [1.82, 2.24) is 24.5 Å². The first kappa shape index (κ1) is 21.5. The quantitative estimate of drug-likeness (QED) is 0.619. The highest BCUT2D eigenvalue weighted by atomic mass is 35.5. The Morgan fingerprint density at radius 2 is 2.00 bits per heavy atom. The highest BCUT2D eigenvalue weighted by Crippen LogP contribution is 2.37. The molecule has 12 heteroatoms. The van der Waals surface area contributed by atoms with Crippen LogP contribution in [-0.4, -0.2) is 57.2 Å². The summed E-state index contributed by atoms with van der Waals surface area (Å²) in [7, 11) is -3.62. The third-order valence-corrected chi connectivity index (χ3v) is 8.43. The summed E-state index contributed by atoms with van der Waals surface area (Å²) in [5.41, 5.74) is 0.272. The molecule has 2 aliphatic rings. The number of thioether (sulfide) groups is 1. The number of halogens is 1. The van der Waals surface area contributed by atoms with Crippen LogP contribution in [0.4, 0.5) is 5.69 Å². The second kappa shape index (κ2) is 8.81. The van der Waals surface area contributed by atoms with Crippen molar-refractivity contribution in [1.29, 1.82) is 0 Å². The number of anilines is 1. The predicted molar refractivity (Wildman–Crippen MR) is 114 cm³/mol. The molecule has 2 fully saturated rings. The topological polar surface area (TPSA) is 110 Å². The van der Waals surface area contributed by atoms with E-state index >= 15 is 0 Å². The molecule has 2 aromatic rings. The molecule has 0 spiro atoms. The molecule has 4 rings (SSSR count). The number of piperidine rings is 1. The van der Waals surface area contributed by atoms with Crippen molar-refractivity contribution >= 4 is 45.0 Å². The van der Waals surface area contributed by atoms with Gasteiger partial charge in [0.15, 0.2) is 0 Å². The third kappa shape index (κ3) is 4.63. The molecule has 1 atom stereocenters. The third-order valence-electron chi connectivity index (χ3n) is 5.16. The second-order valence-corrected chi connectivity index (χ2v) is 11.1. The first-order valence-electron chi connectivity index (χ1n) is 9.91. The van der Waals surface area contributed by atoms with Crippen LogP contribution >= 0.6 is 23.4 Å². The number of nitrogens with one attached hydrogen (secondary N) is 1. The summed E-state index contributed by atoms with van der Waals surface area (Å²) >= 11 is 7.49. The van der Waals surface area contributed by atoms with Gasteiger partial charge in [-0.1, -0.05) is 29.8 Å². The SMILES string of the molecule is C[C@H](Sc1nnnn1C1CC1)C(=O)Nc1cc(S(=O)(=O)N2CCCCC2)ccc1Cl. The van der Waals surface area contributed by atoms with Gasteiger partial charge in [-0.15, -0.1) is 5.10 Å². The highest BCUT2D eigenvalue weighted by molar-refractivity contribution is 8.00. The fourth-order valence-electron chi connectivity index (χ4n) is 3.27. The maximum absolute atomic E-state index is 12.9. The summed E-state index contributed by atoms with van der Waals surface area (Å²) in [5, 5.41) is 14.8. The van der Waals surface area contributed by atoms with E-state index in [0.717, 1.165) is 32.1 Å². The van der Waals surface area contributed by atoms with E-state index in [2.05, 4.69) is 20.8 Å². The molecule has 1 aromatic carbocycles. The van der Waals surface area contributed by atoms with Crippen molar-refractivity contribution in [3.05, 3.63) is 23.2 Å². The van der Waals surface area contributed by atoms with E-state index in [0.29, 0.717) is 24.3 Å². The minimum absolute atomic E-state index is 0.127. The van der Waals surface area contributed by atoms with Crippen LogP contribution in [0.5, 0.6) is 0 Å². The zero-order valence-corrected chi connectivity index (χ0v) is 18.9. The molecule has 9 nitrogen and oxygen atoms in total. The van der Waals surface area contributed by atoms with E-state index in [1.807, 2.05) is 0 Å². The van der Waals surface area contributed by atoms with Gasteiger partial charge in [-0.05, 0) is 61.2 Å². The number of carbonyl (C=O) groups excluding carboxylic acids is 1. The average molecular weight is 471 g/mol. The molecule has 1 saturated heterocycles. The Hall–Kier alpha value is -1.69. The van der Waals surface area contributed by atoms with Gasteiger partial charge in [0.1, 0.15) is 0 Å². The van der Waals surface area contributed by atoms with Gasteiger partial charge >= 0.3 is 0 Å². The first-order valence-corrected chi connectivity index (χ1v) is 12.6. The van der Waals surface area contributed by atoms with E-state index in [1.165, 1.54) is 34.3 Å². The maximum atomic E-state index is 12.9. The standard InChI is InChI=1S/C18H23ClN6O3S2/c1-12(29-18-21-22-23-25(18)13-5-6-13)17(26)20-16-11-14(7-8-15(16)19)30(27,28)24-9-3-2-4-10-24/h7-8,11-13H,2-6,9-10H2,1H3,(H,20,26)/t12-/m0/s1. The van der Waals surface area contributed by atoms with Crippen LogP contribution in [0, 0.1) is 0 Å². The normalized spacial score (nSPS) is 18.9. The summed E-state index contributed by atoms with van der Waals surface area (Å²) in [6.07, 6.45) is 4.81. The predicted octanol–water partition coefficient (Wildman–Crippen LogP) is 2.96. The molecule has 30 heavy (non-hydrogen) atoms. The zero-order valence-electron chi connectivity index (χ0n) is 16.5. The van der Waals surface area contributed by atoms with Crippen LogP contribution in [0.3, 0.4) is 0 Å². The van der Waals surface area contributed by atoms with Crippen LogP contribution in [-0.2, 0) is 14.8 Å². The maximum Gasteiger partial charge on any atom is 0.243 e. The number of carbonyl (C=O) groups is 1. The van der Waals surface area contributed by atoms with E-state index < -0.39 is 15.3 Å². The monoisotopic (exact) mass is 470 g/mol. The summed E-state index contributed by atoms with van der Waals surface area (Å²) in [4.78, 5) is 12.8. The Bertz CT molecular complexity index is 1030. The zero-order chi connectivity index (χ0) is 21.3. The van der Waals surface area contributed by atoms with Crippen molar-refractivity contribution in [2.24, 2.45) is 0 Å². The lowest BCUT2D eigenvalue weighted by Gasteiger charge is -2.26. The van der Waals surface area contributed by atoms with Crippen molar-refractivity contribution in [2.45, 2.75) is 60.4 Å². The number of amides is 1. The highest BCUT2D eigenvalue weighted by Gasteiger charge is 2.30. The lowest BCUT2D eigenvalue weighted by molar-refractivity contribution is -0.115. The number of sulfonamides is 1. The molecule has 1 amide bonds. The molecule has 1 saturated carbocycles. The van der Waals surface area contributed by atoms with Gasteiger partial charge < -0.3 is 5.32 Å². The van der Waals surface area contributed by atoms with Crippen molar-refractivity contribution in [3.63, 3.8) is 0 Å². The molecule has 1 N–H and O–H groups in total. The number of rotatable bonds is 7. The van der Waals surface area contributed by atoms with Crippen molar-refractivity contribution < 1.29 is 13.2 Å². The molecule has 1 aliphatic heterocycles. The Balaban J connectivity index is 1.47. The Morgan fingerprint density at radius 1 is 1.27 bits per heavy atom. The second-order valence-electron chi connectivity index (χ2n) is 7.49. The summed E-state index contributed by atoms with van der Waals surface area (Å²) < 4.78 is 29.1. The van der Waals surface area contributed by atoms with Crippen LogP contribution in [0.15, 0.2) is 28.3 Å². The number of hydrogen-bond donors (Lipinski definition) is 1. The molecular formula is C18H23ClN6O3S2. The lowest BCUT2D eigenvalue weighted by Crippen LogP contribution is -2.35. The van der Waals surface area contributed by atoms with E-state index in [9.17, 15) is 13.2 Å². The molecule has 0 unspecified atom stereocenters. The molecular weight excluding hydrogens is 448 g/mol. The van der Waals surface area contributed by atoms with Crippen LogP contribution < -0.4 is 5.32 Å². The van der Waals surface area contributed by atoms with E-state index in [4.69, 9.17) is 11.6 Å². The first-order chi connectivity index (χ1) is 14.4. The summed E-state index contributed by atoms with van der Waals surface area (Å²) in [6, 6.07) is 4.71. The van der Waals surface area contributed by atoms with Crippen LogP contribution in [0.1, 0.15) is 45.1 Å². The Labute approximate surface area is 184 Å². The van der Waals surface area contributed by atoms with Crippen molar-refractivity contribution in [2.75, 3.05) is 18.4 Å². The van der Waals surface area contributed by atoms with Gasteiger partial charge in [-0.3, -0.25) is 4.79 Å². The van der Waals surface area contributed by atoms with Crippen LogP contribution in [0.2, 0.25) is 5.02 Å². The minimum Gasteiger partial charge on any atom is -0.324 e. The van der Waals surface area contributed by atoms with E-state index in [-0.39, 0.29) is 21.5 Å². The van der Waals surface area contributed by atoms with Gasteiger partial charge in [0.2, 0.25) is 21.1 Å². The van der Waals surface area contributed by atoms with Gasteiger partial charge in [0.25, 0.3) is 0 Å². The molecule has 0 bridgehead atoms. The fraction of sp³-hybridized carbons (Fsp3) is 0.556. The number of tetrazole rings is 1. The average Bonchev–Trinajstić information content (AvgIpc) is 3.48. The molecule has 1 aromatic heterocycles. The molecule has 2 heterocycles.